The molecule has 0 N–H and O–H groups in total. The topological polar surface area (TPSA) is 48.8 Å². The number of hydrogen-bond acceptors (Lipinski definition) is 4. The van der Waals surface area contributed by atoms with Gasteiger partial charge < -0.3 is 13.6 Å². The quantitative estimate of drug-likeness (QED) is 0.143. The fraction of sp³-hybridized carbons (Fsp3) is 0.222. The normalized spacial score (nSPS) is 11.7. The van der Waals surface area contributed by atoms with Crippen LogP contribution in [0.3, 0.4) is 0 Å². The molecule has 0 amide bonds. The number of imidazole rings is 2. The summed E-state index contributed by atoms with van der Waals surface area (Å²) in [6.07, 6.45) is 7.92. The van der Waals surface area contributed by atoms with Crippen LogP contribution in [0.4, 0.5) is 0 Å². The van der Waals surface area contributed by atoms with Gasteiger partial charge in [0.2, 0.25) is 0 Å². The van der Waals surface area contributed by atoms with Crippen molar-refractivity contribution in [3.05, 3.63) is 168 Å². The van der Waals surface area contributed by atoms with Gasteiger partial charge in [-0.2, -0.15) is 0 Å². The monoisotopic (exact) mass is 995 g/mol. The number of hydrogen-bond donors (Lipinski definition) is 0. The van der Waals surface area contributed by atoms with E-state index in [9.17, 15) is 0 Å². The summed E-state index contributed by atoms with van der Waals surface area (Å²) in [4.78, 5) is 9.41. The summed E-state index contributed by atoms with van der Waals surface area (Å²) in [5.41, 5.74) is 11.7. The summed E-state index contributed by atoms with van der Waals surface area (Å²) in [5, 5.41) is 5.09. The van der Waals surface area contributed by atoms with Gasteiger partial charge in [0.15, 0.2) is 0 Å². The van der Waals surface area contributed by atoms with Crippen LogP contribution in [0.25, 0.3) is 76.3 Å². The minimum atomic E-state index is 0. The number of rotatable bonds is 8. The summed E-state index contributed by atoms with van der Waals surface area (Å²) in [6, 6.07) is 44.6. The van der Waals surface area contributed by atoms with Gasteiger partial charge in [0.25, 0.3) is 0 Å². The van der Waals surface area contributed by atoms with Crippen molar-refractivity contribution in [3.8, 4) is 34.2 Å². The maximum atomic E-state index is 6.42. The van der Waals surface area contributed by atoms with Crippen molar-refractivity contribution in [3.63, 3.8) is 0 Å². The van der Waals surface area contributed by atoms with Crippen molar-refractivity contribution in [2.45, 2.75) is 79.1 Å². The van der Waals surface area contributed by atoms with E-state index in [0.29, 0.717) is 17.8 Å². The van der Waals surface area contributed by atoms with Gasteiger partial charge in [0, 0.05) is 92.8 Å². The molecule has 0 bridgehead atoms. The van der Waals surface area contributed by atoms with E-state index in [-0.39, 0.29) is 26.0 Å². The van der Waals surface area contributed by atoms with Crippen LogP contribution < -0.4 is 0 Å². The molecule has 10 aromatic rings. The predicted molar refractivity (Wildman–Crippen MR) is 252 cm³/mol. The zero-order valence-electron chi connectivity index (χ0n) is 35.9. The van der Waals surface area contributed by atoms with E-state index >= 15 is 0 Å². The molecule has 0 spiro atoms. The number of nitrogens with zero attached hydrogens (tertiary/aromatic N) is 4. The Morgan fingerprint density at radius 2 is 1.05 bits per heavy atom. The summed E-state index contributed by atoms with van der Waals surface area (Å²) < 4.78 is 13.7. The molecule has 10 rings (SSSR count). The third kappa shape index (κ3) is 7.58. The van der Waals surface area contributed by atoms with E-state index in [1.54, 1.807) is 0 Å². The van der Waals surface area contributed by atoms with Gasteiger partial charge in [-0.3, -0.25) is 9.97 Å². The minimum absolute atomic E-state index is 0. The van der Waals surface area contributed by atoms with Gasteiger partial charge in [-0.15, -0.1) is 83.1 Å². The number of aromatic nitrogens is 4. The molecule has 6 aromatic carbocycles. The molecule has 0 atom stereocenters. The first-order chi connectivity index (χ1) is 29.1. The Morgan fingerprint density at radius 1 is 0.541 bits per heavy atom. The van der Waals surface area contributed by atoms with E-state index in [2.05, 4.69) is 161 Å². The molecule has 4 heterocycles. The van der Waals surface area contributed by atoms with Crippen LogP contribution in [-0.4, -0.2) is 19.1 Å². The van der Waals surface area contributed by atoms with E-state index in [1.165, 1.54) is 64.6 Å². The Bertz CT molecular complexity index is 2900. The summed E-state index contributed by atoms with van der Waals surface area (Å²) >= 11 is 1.91. The van der Waals surface area contributed by atoms with Crippen molar-refractivity contribution in [2.24, 2.45) is 0 Å². The average Bonchev–Trinajstić information content (AvgIpc) is 4.08. The second kappa shape index (κ2) is 17.4. The molecule has 0 aliphatic rings. The van der Waals surface area contributed by atoms with Crippen LogP contribution in [0.2, 0.25) is 0 Å². The van der Waals surface area contributed by atoms with Crippen LogP contribution in [0.15, 0.2) is 138 Å². The van der Waals surface area contributed by atoms with Gasteiger partial charge in [0.05, 0.1) is 11.6 Å². The van der Waals surface area contributed by atoms with Crippen LogP contribution in [-0.2, 0) is 20.1 Å². The summed E-state index contributed by atoms with van der Waals surface area (Å²) in [6.45, 7) is 18.2. The molecule has 0 aliphatic heterocycles. The Balaban J connectivity index is 0.000000166. The van der Waals surface area contributed by atoms with E-state index in [4.69, 9.17) is 9.40 Å². The van der Waals surface area contributed by atoms with Crippen LogP contribution in [0.5, 0.6) is 0 Å². The molecule has 7 heteroatoms. The second-order valence-corrected chi connectivity index (χ2v) is 17.9. The molecular weight excluding hydrogens is 945 g/mol. The first-order valence-electron chi connectivity index (χ1n) is 21.1. The van der Waals surface area contributed by atoms with Crippen molar-refractivity contribution in [1.82, 2.24) is 19.1 Å². The van der Waals surface area contributed by atoms with E-state index in [1.807, 2.05) is 66.2 Å². The zero-order valence-corrected chi connectivity index (χ0v) is 39.2. The number of thiophene rings is 1. The maximum Gasteiger partial charge on any atom is 0.140 e. The second-order valence-electron chi connectivity index (χ2n) is 16.8. The number of furan rings is 1. The molecule has 1 radical (unpaired) electrons. The number of benzene rings is 6. The van der Waals surface area contributed by atoms with Crippen molar-refractivity contribution < 1.29 is 24.5 Å². The Kier molecular flexibility index (Phi) is 12.0. The van der Waals surface area contributed by atoms with Crippen molar-refractivity contribution >= 4 is 53.4 Å². The summed E-state index contributed by atoms with van der Waals surface area (Å²) in [7, 11) is 0. The SMILES string of the molecule is CC(C)c1cc2c(oc3ccccc32)c(C(C)C)c1-n1ccnc1-c1[c-]cccc1.CC(C)c1cc2c(sc3ccccc32)c(C(C)C)c1-n1ccnc1-c1[c-]cccc1.[Ir]. The first-order valence-corrected chi connectivity index (χ1v) is 21.9. The Labute approximate surface area is 376 Å². The van der Waals surface area contributed by atoms with Crippen molar-refractivity contribution in [1.29, 1.82) is 0 Å². The Morgan fingerprint density at radius 3 is 1.59 bits per heavy atom. The van der Waals surface area contributed by atoms with Crippen LogP contribution >= 0.6 is 11.3 Å². The zero-order chi connectivity index (χ0) is 41.7. The minimum Gasteiger partial charge on any atom is -0.456 e. The molecule has 5 nitrogen and oxygen atoms in total. The third-order valence-electron chi connectivity index (χ3n) is 11.5. The molecule has 0 aliphatic carbocycles. The van der Waals surface area contributed by atoms with E-state index < -0.39 is 0 Å². The number of para-hydroxylation sites is 1. The van der Waals surface area contributed by atoms with Crippen molar-refractivity contribution in [2.75, 3.05) is 0 Å². The van der Waals surface area contributed by atoms with Gasteiger partial charge >= 0.3 is 0 Å². The van der Waals surface area contributed by atoms with Crippen LogP contribution in [0.1, 0.15) is 101 Å². The summed E-state index contributed by atoms with van der Waals surface area (Å²) in [5.74, 6) is 3.27. The van der Waals surface area contributed by atoms with Gasteiger partial charge in [-0.25, -0.2) is 0 Å². The molecule has 0 saturated heterocycles. The maximum absolute atomic E-state index is 6.42. The predicted octanol–water partition coefficient (Wildman–Crippen LogP) is 15.4. The third-order valence-corrected chi connectivity index (χ3v) is 12.7. The largest absolute Gasteiger partial charge is 0.456 e. The Hall–Kier alpha value is -5.59. The molecule has 4 aromatic heterocycles. The smallest absolute Gasteiger partial charge is 0.140 e. The molecule has 0 fully saturated rings. The van der Waals surface area contributed by atoms with Gasteiger partial charge in [0.1, 0.15) is 11.2 Å². The first kappa shape index (κ1) is 42.1. The molecular formula is C54H50IrN4OS-2. The van der Waals surface area contributed by atoms with Crippen LogP contribution in [0, 0.1) is 12.1 Å². The fourth-order valence-corrected chi connectivity index (χ4v) is 10.1. The van der Waals surface area contributed by atoms with E-state index in [0.717, 1.165) is 33.9 Å². The molecule has 0 unspecified atom stereocenters. The fourth-order valence-electron chi connectivity index (χ4n) is 8.71. The molecule has 309 valence electrons. The average molecular weight is 995 g/mol. The standard InChI is InChI=1S/C27H25N2O.C27H25N2S.Ir/c2*1-17(2)21-16-22-20-12-8-9-13-23(20)30-26(22)24(18(3)4)25(21)29-15-14-28-27(29)19-10-6-5-7-11-19;/h2*5-10,12-18H,1-4H3;/q2*-1;. The number of fused-ring (bicyclic) bond motifs is 6. The molecule has 61 heavy (non-hydrogen) atoms. The van der Waals surface area contributed by atoms with Gasteiger partial charge in [-0.05, 0) is 64.6 Å². The molecule has 0 saturated carbocycles. The van der Waals surface area contributed by atoms with Gasteiger partial charge in [-0.1, -0.05) is 91.8 Å².